The van der Waals surface area contributed by atoms with Gasteiger partial charge in [-0.25, -0.2) is 4.79 Å². The van der Waals surface area contributed by atoms with Crippen LogP contribution in [0.1, 0.15) is 30.4 Å². The highest BCUT2D eigenvalue weighted by Gasteiger charge is 2.20. The predicted molar refractivity (Wildman–Crippen MR) is 131 cm³/mol. The van der Waals surface area contributed by atoms with Gasteiger partial charge in [-0.2, -0.15) is 14.8 Å². The standard InChI is InChI=1S/C24H23ClN6O4/c1-4-30-23(33)21(28-31(24(30)34)16-8-5-14(2)6-9-16)22-27-20(35-29-22)12-11-19(32)26-18-10-7-15(3)13-17(18)25/h5-10,13H,4,11-12H2,1-3H3,(H,26,32). The quantitative estimate of drug-likeness (QED) is 0.417. The molecule has 0 atom stereocenters. The van der Waals surface area contributed by atoms with Gasteiger partial charge in [0.25, 0.3) is 5.56 Å². The molecule has 11 heteroatoms. The van der Waals surface area contributed by atoms with Gasteiger partial charge in [-0.3, -0.25) is 14.2 Å². The molecule has 0 radical (unpaired) electrons. The lowest BCUT2D eigenvalue weighted by Gasteiger charge is -2.09. The van der Waals surface area contributed by atoms with E-state index < -0.39 is 11.2 Å². The maximum Gasteiger partial charge on any atom is 0.352 e. The Balaban J connectivity index is 1.56. The topological polar surface area (TPSA) is 125 Å². The van der Waals surface area contributed by atoms with E-state index in [-0.39, 0.29) is 42.7 Å². The van der Waals surface area contributed by atoms with Crippen LogP contribution in [0, 0.1) is 13.8 Å². The first-order chi connectivity index (χ1) is 16.8. The zero-order valence-electron chi connectivity index (χ0n) is 19.4. The van der Waals surface area contributed by atoms with Crippen LogP contribution in [0.3, 0.4) is 0 Å². The summed E-state index contributed by atoms with van der Waals surface area (Å²) >= 11 is 6.16. The molecule has 4 aromatic rings. The summed E-state index contributed by atoms with van der Waals surface area (Å²) in [5.74, 6) is -0.188. The molecule has 0 aliphatic heterocycles. The van der Waals surface area contributed by atoms with Crippen molar-refractivity contribution < 1.29 is 9.32 Å². The van der Waals surface area contributed by atoms with Gasteiger partial charge < -0.3 is 9.84 Å². The number of carbonyl (C=O) groups is 1. The number of rotatable bonds is 7. The number of anilines is 1. The number of aryl methyl sites for hydroxylation is 3. The van der Waals surface area contributed by atoms with Gasteiger partial charge in [0.2, 0.25) is 17.6 Å². The van der Waals surface area contributed by atoms with Crippen molar-refractivity contribution in [3.8, 4) is 17.2 Å². The number of benzene rings is 2. The van der Waals surface area contributed by atoms with Crippen LogP contribution in [0.4, 0.5) is 5.69 Å². The van der Waals surface area contributed by atoms with Crippen molar-refractivity contribution >= 4 is 23.2 Å². The van der Waals surface area contributed by atoms with Crippen molar-refractivity contribution in [3.63, 3.8) is 0 Å². The number of carbonyl (C=O) groups excluding carboxylic acids is 1. The van der Waals surface area contributed by atoms with Gasteiger partial charge in [-0.15, -0.1) is 0 Å². The van der Waals surface area contributed by atoms with E-state index in [4.69, 9.17) is 16.1 Å². The number of hydrogen-bond donors (Lipinski definition) is 1. The van der Waals surface area contributed by atoms with Crippen molar-refractivity contribution in [3.05, 3.63) is 85.3 Å². The lowest BCUT2D eigenvalue weighted by molar-refractivity contribution is -0.116. The summed E-state index contributed by atoms with van der Waals surface area (Å²) in [7, 11) is 0. The van der Waals surface area contributed by atoms with E-state index in [0.29, 0.717) is 16.4 Å². The van der Waals surface area contributed by atoms with Gasteiger partial charge >= 0.3 is 5.69 Å². The number of halogens is 1. The number of aromatic nitrogens is 5. The van der Waals surface area contributed by atoms with E-state index in [9.17, 15) is 14.4 Å². The van der Waals surface area contributed by atoms with E-state index in [2.05, 4.69) is 20.6 Å². The van der Waals surface area contributed by atoms with Gasteiger partial charge in [0, 0.05) is 19.4 Å². The highest BCUT2D eigenvalue weighted by Crippen LogP contribution is 2.23. The summed E-state index contributed by atoms with van der Waals surface area (Å²) in [6.45, 7) is 5.66. The van der Waals surface area contributed by atoms with Crippen molar-refractivity contribution in [2.45, 2.75) is 40.2 Å². The maximum absolute atomic E-state index is 12.9. The predicted octanol–water partition coefficient (Wildman–Crippen LogP) is 3.31. The Bertz CT molecular complexity index is 1500. The summed E-state index contributed by atoms with van der Waals surface area (Å²) in [6.07, 6.45) is 0.198. The molecular formula is C24H23ClN6O4. The van der Waals surface area contributed by atoms with Gasteiger partial charge in [-0.05, 0) is 50.6 Å². The molecule has 0 fully saturated rings. The fourth-order valence-electron chi connectivity index (χ4n) is 3.40. The van der Waals surface area contributed by atoms with Crippen LogP contribution < -0.4 is 16.6 Å². The molecule has 0 unspecified atom stereocenters. The molecule has 10 nitrogen and oxygen atoms in total. The molecule has 4 rings (SSSR count). The summed E-state index contributed by atoms with van der Waals surface area (Å²) in [4.78, 5) is 42.3. The number of nitrogens with zero attached hydrogens (tertiary/aromatic N) is 5. The van der Waals surface area contributed by atoms with Gasteiger partial charge in [0.1, 0.15) is 0 Å². The normalized spacial score (nSPS) is 11.0. The summed E-state index contributed by atoms with van der Waals surface area (Å²) in [5, 5.41) is 11.3. The number of nitrogens with one attached hydrogen (secondary N) is 1. The zero-order valence-corrected chi connectivity index (χ0v) is 20.2. The van der Waals surface area contributed by atoms with Gasteiger partial charge in [0.15, 0.2) is 5.69 Å². The van der Waals surface area contributed by atoms with Crippen LogP contribution in [0.15, 0.2) is 56.6 Å². The second kappa shape index (κ2) is 10.1. The molecule has 1 N–H and O–H groups in total. The Morgan fingerprint density at radius 2 is 1.80 bits per heavy atom. The lowest BCUT2D eigenvalue weighted by Crippen LogP contribution is -2.41. The Labute approximate surface area is 205 Å². The average Bonchev–Trinajstić information content (AvgIpc) is 3.30. The lowest BCUT2D eigenvalue weighted by atomic mass is 10.2. The molecule has 1 amide bonds. The highest BCUT2D eigenvalue weighted by atomic mass is 35.5. The molecule has 0 spiro atoms. The van der Waals surface area contributed by atoms with E-state index in [1.54, 1.807) is 31.2 Å². The molecule has 0 saturated carbocycles. The fraction of sp³-hybridized carbons (Fsp3) is 0.250. The van der Waals surface area contributed by atoms with E-state index in [1.807, 2.05) is 32.0 Å². The molecule has 2 aromatic heterocycles. The third kappa shape index (κ3) is 5.22. The number of hydrogen-bond acceptors (Lipinski definition) is 7. The molecule has 35 heavy (non-hydrogen) atoms. The molecule has 180 valence electrons. The van der Waals surface area contributed by atoms with Crippen LogP contribution in [0.25, 0.3) is 17.2 Å². The minimum atomic E-state index is -0.625. The Morgan fingerprint density at radius 3 is 2.49 bits per heavy atom. The van der Waals surface area contributed by atoms with Crippen molar-refractivity contribution in [2.24, 2.45) is 0 Å². The molecular weight excluding hydrogens is 472 g/mol. The van der Waals surface area contributed by atoms with Crippen LogP contribution >= 0.6 is 11.6 Å². The average molecular weight is 495 g/mol. The van der Waals surface area contributed by atoms with E-state index in [1.165, 1.54) is 0 Å². The minimum absolute atomic E-state index is 0.0569. The molecule has 0 aliphatic rings. The van der Waals surface area contributed by atoms with E-state index >= 15 is 0 Å². The summed E-state index contributed by atoms with van der Waals surface area (Å²) in [5.41, 5.74) is 1.69. The third-order valence-electron chi connectivity index (χ3n) is 5.30. The maximum atomic E-state index is 12.9. The second-order valence-electron chi connectivity index (χ2n) is 7.97. The fourth-order valence-corrected chi connectivity index (χ4v) is 3.68. The Hall–Kier alpha value is -4.05. The monoisotopic (exact) mass is 494 g/mol. The second-order valence-corrected chi connectivity index (χ2v) is 8.38. The van der Waals surface area contributed by atoms with Crippen molar-refractivity contribution in [1.29, 1.82) is 0 Å². The van der Waals surface area contributed by atoms with Gasteiger partial charge in [0.05, 0.1) is 16.4 Å². The van der Waals surface area contributed by atoms with E-state index in [0.717, 1.165) is 20.4 Å². The van der Waals surface area contributed by atoms with Crippen LogP contribution in [-0.2, 0) is 17.8 Å². The molecule has 0 saturated heterocycles. The SMILES string of the molecule is CCn1c(=O)c(-c2noc(CCC(=O)Nc3ccc(C)cc3Cl)n2)nn(-c2ccc(C)cc2)c1=O. The van der Waals surface area contributed by atoms with Crippen LogP contribution in [0.5, 0.6) is 0 Å². The molecule has 2 heterocycles. The smallest absolute Gasteiger partial charge is 0.339 e. The Kier molecular flexibility index (Phi) is 6.92. The Morgan fingerprint density at radius 1 is 1.09 bits per heavy atom. The largest absolute Gasteiger partial charge is 0.352 e. The molecule has 0 bridgehead atoms. The highest BCUT2D eigenvalue weighted by molar-refractivity contribution is 6.33. The van der Waals surface area contributed by atoms with Gasteiger partial charge in [-0.1, -0.05) is 40.5 Å². The molecule has 0 aliphatic carbocycles. The summed E-state index contributed by atoms with van der Waals surface area (Å²) in [6, 6.07) is 12.5. The first-order valence-corrected chi connectivity index (χ1v) is 11.3. The van der Waals surface area contributed by atoms with Crippen LogP contribution in [-0.4, -0.2) is 30.4 Å². The third-order valence-corrected chi connectivity index (χ3v) is 5.61. The minimum Gasteiger partial charge on any atom is -0.339 e. The summed E-state index contributed by atoms with van der Waals surface area (Å²) < 4.78 is 7.42. The first-order valence-electron chi connectivity index (χ1n) is 11.0. The molecule has 2 aromatic carbocycles. The zero-order chi connectivity index (χ0) is 25.1. The first kappa shape index (κ1) is 24.1. The van der Waals surface area contributed by atoms with Crippen molar-refractivity contribution in [1.82, 2.24) is 24.5 Å². The van der Waals surface area contributed by atoms with Crippen LogP contribution in [0.2, 0.25) is 5.02 Å². The number of amides is 1. The van der Waals surface area contributed by atoms with Crippen molar-refractivity contribution in [2.75, 3.05) is 5.32 Å².